The van der Waals surface area contributed by atoms with Crippen LogP contribution in [0.2, 0.25) is 18.1 Å². The summed E-state index contributed by atoms with van der Waals surface area (Å²) in [5.41, 5.74) is 0. The van der Waals surface area contributed by atoms with Crippen LogP contribution in [0.25, 0.3) is 0 Å². The van der Waals surface area contributed by atoms with Crippen LogP contribution in [0.5, 0.6) is 0 Å². The van der Waals surface area contributed by atoms with E-state index in [9.17, 15) is 0 Å². The number of aliphatic hydroxyl groups is 1. The minimum absolute atomic E-state index is 0.0177. The Morgan fingerprint density at radius 2 is 1.80 bits per heavy atom. The van der Waals surface area contributed by atoms with Crippen molar-refractivity contribution in [3.8, 4) is 0 Å². The van der Waals surface area contributed by atoms with E-state index in [1.165, 1.54) is 0 Å². The lowest BCUT2D eigenvalue weighted by atomic mass is 10.2. The maximum absolute atomic E-state index is 8.83. The molecule has 1 atom stereocenters. The molecule has 0 aliphatic carbocycles. The van der Waals surface area contributed by atoms with Crippen LogP contribution in [-0.4, -0.2) is 39.9 Å². The van der Waals surface area contributed by atoms with Crippen molar-refractivity contribution in [1.82, 2.24) is 0 Å². The van der Waals surface area contributed by atoms with E-state index in [2.05, 4.69) is 33.9 Å². The largest absolute Gasteiger partial charge is 0.414 e. The second kappa shape index (κ2) is 5.99. The van der Waals surface area contributed by atoms with E-state index in [-0.39, 0.29) is 17.7 Å². The molecule has 1 unspecified atom stereocenters. The first kappa shape index (κ1) is 15.1. The minimum Gasteiger partial charge on any atom is -0.414 e. The van der Waals surface area contributed by atoms with Crippen molar-refractivity contribution >= 4 is 8.32 Å². The predicted octanol–water partition coefficient (Wildman–Crippen LogP) is 2.41. The van der Waals surface area contributed by atoms with E-state index in [1.54, 1.807) is 7.11 Å². The third-order valence-corrected chi connectivity index (χ3v) is 7.72. The Morgan fingerprint density at radius 3 is 2.13 bits per heavy atom. The van der Waals surface area contributed by atoms with Gasteiger partial charge in [-0.2, -0.15) is 0 Å². The number of methoxy groups -OCH3 is 1. The number of hydrogen-bond donors (Lipinski definition) is 1. The summed E-state index contributed by atoms with van der Waals surface area (Å²) in [5.74, 6) is 0. The molecule has 3 nitrogen and oxygen atoms in total. The Balaban J connectivity index is 4.12. The van der Waals surface area contributed by atoms with E-state index < -0.39 is 8.32 Å². The van der Waals surface area contributed by atoms with Crippen LogP contribution in [-0.2, 0) is 9.16 Å². The van der Waals surface area contributed by atoms with E-state index in [4.69, 9.17) is 14.3 Å². The van der Waals surface area contributed by atoms with Crippen LogP contribution in [0.1, 0.15) is 27.2 Å². The number of aliphatic hydroxyl groups excluding tert-OH is 1. The fourth-order valence-corrected chi connectivity index (χ4v) is 1.97. The van der Waals surface area contributed by atoms with Crippen molar-refractivity contribution < 1.29 is 14.3 Å². The van der Waals surface area contributed by atoms with Gasteiger partial charge in [0, 0.05) is 13.7 Å². The number of hydrogen-bond acceptors (Lipinski definition) is 3. The molecule has 0 rings (SSSR count). The highest BCUT2D eigenvalue weighted by Crippen LogP contribution is 2.36. The van der Waals surface area contributed by atoms with Crippen molar-refractivity contribution in [2.24, 2.45) is 0 Å². The zero-order valence-corrected chi connectivity index (χ0v) is 12.0. The van der Waals surface area contributed by atoms with Crippen LogP contribution >= 0.6 is 0 Å². The third kappa shape index (κ3) is 5.11. The number of rotatable bonds is 6. The normalized spacial score (nSPS) is 15.4. The molecule has 4 heteroatoms. The summed E-state index contributed by atoms with van der Waals surface area (Å²) in [6.45, 7) is 11.8. The SMILES string of the molecule is COC(CCO)CO[Si](C)(C)C(C)(C)C. The lowest BCUT2D eigenvalue weighted by Gasteiger charge is -2.37. The van der Waals surface area contributed by atoms with E-state index >= 15 is 0 Å². The van der Waals surface area contributed by atoms with Gasteiger partial charge in [0.1, 0.15) is 0 Å². The predicted molar refractivity (Wildman–Crippen MR) is 65.6 cm³/mol. The summed E-state index contributed by atoms with van der Waals surface area (Å²) in [6.07, 6.45) is 0.662. The van der Waals surface area contributed by atoms with Crippen LogP contribution < -0.4 is 0 Å². The lowest BCUT2D eigenvalue weighted by molar-refractivity contribution is 0.0354. The molecule has 0 spiro atoms. The monoisotopic (exact) mass is 234 g/mol. The van der Waals surface area contributed by atoms with Crippen LogP contribution in [0.4, 0.5) is 0 Å². The minimum atomic E-state index is -1.67. The summed E-state index contributed by atoms with van der Waals surface area (Å²) in [4.78, 5) is 0. The zero-order chi connectivity index (χ0) is 12.1. The molecule has 0 radical (unpaired) electrons. The Bertz CT molecular complexity index is 175. The highest BCUT2D eigenvalue weighted by atomic mass is 28.4. The lowest BCUT2D eigenvalue weighted by Crippen LogP contribution is -2.43. The topological polar surface area (TPSA) is 38.7 Å². The van der Waals surface area contributed by atoms with Gasteiger partial charge in [-0.15, -0.1) is 0 Å². The second-order valence-corrected chi connectivity index (χ2v) is 10.3. The van der Waals surface area contributed by atoms with Gasteiger partial charge in [0.15, 0.2) is 8.32 Å². The average Bonchev–Trinajstić information content (AvgIpc) is 2.10. The van der Waals surface area contributed by atoms with Gasteiger partial charge in [0.2, 0.25) is 0 Å². The van der Waals surface area contributed by atoms with Gasteiger partial charge in [0.25, 0.3) is 0 Å². The molecule has 0 aromatic rings. The first-order chi connectivity index (χ1) is 6.74. The van der Waals surface area contributed by atoms with E-state index in [1.807, 2.05) is 0 Å². The highest BCUT2D eigenvalue weighted by Gasteiger charge is 2.37. The summed E-state index contributed by atoms with van der Waals surface area (Å²) >= 11 is 0. The Kier molecular flexibility index (Phi) is 6.03. The molecular formula is C11H26O3Si. The molecule has 15 heavy (non-hydrogen) atoms. The van der Waals surface area contributed by atoms with Crippen molar-refractivity contribution in [2.45, 2.75) is 51.4 Å². The van der Waals surface area contributed by atoms with Crippen molar-refractivity contribution in [3.63, 3.8) is 0 Å². The van der Waals surface area contributed by atoms with Crippen LogP contribution in [0.15, 0.2) is 0 Å². The van der Waals surface area contributed by atoms with Crippen molar-refractivity contribution in [2.75, 3.05) is 20.3 Å². The van der Waals surface area contributed by atoms with Gasteiger partial charge >= 0.3 is 0 Å². The fraction of sp³-hybridized carbons (Fsp3) is 1.00. The molecule has 92 valence electrons. The van der Waals surface area contributed by atoms with Gasteiger partial charge < -0.3 is 14.3 Å². The van der Waals surface area contributed by atoms with Gasteiger partial charge in [-0.1, -0.05) is 20.8 Å². The van der Waals surface area contributed by atoms with Crippen molar-refractivity contribution in [1.29, 1.82) is 0 Å². The van der Waals surface area contributed by atoms with Crippen LogP contribution in [0, 0.1) is 0 Å². The molecule has 1 N–H and O–H groups in total. The summed E-state index contributed by atoms with van der Waals surface area (Å²) in [6, 6.07) is 0. The highest BCUT2D eigenvalue weighted by molar-refractivity contribution is 6.74. The molecule has 0 saturated heterocycles. The smallest absolute Gasteiger partial charge is 0.192 e. The Labute approximate surface area is 94.9 Å². The molecule has 0 amide bonds. The fourth-order valence-electron chi connectivity index (χ4n) is 0.931. The molecule has 0 aliphatic heterocycles. The molecule has 0 heterocycles. The summed E-state index contributed by atoms with van der Waals surface area (Å²) in [5, 5.41) is 9.06. The number of ether oxygens (including phenoxy) is 1. The standard InChI is InChI=1S/C11H26O3Si/c1-11(2,3)15(5,6)14-9-10(13-4)7-8-12/h10,12H,7-9H2,1-6H3. The molecule has 0 aromatic heterocycles. The molecule has 0 fully saturated rings. The van der Waals surface area contributed by atoms with Crippen LogP contribution in [0.3, 0.4) is 0 Å². The molecule has 0 aliphatic rings. The summed E-state index contributed by atoms with van der Waals surface area (Å²) < 4.78 is 11.2. The van der Waals surface area contributed by atoms with Gasteiger partial charge in [-0.25, -0.2) is 0 Å². The Morgan fingerprint density at radius 1 is 1.27 bits per heavy atom. The maximum atomic E-state index is 8.83. The van der Waals surface area contributed by atoms with Crippen molar-refractivity contribution in [3.05, 3.63) is 0 Å². The molecular weight excluding hydrogens is 208 g/mol. The zero-order valence-electron chi connectivity index (χ0n) is 11.0. The average molecular weight is 234 g/mol. The molecule has 0 aromatic carbocycles. The second-order valence-electron chi connectivity index (χ2n) is 5.44. The Hall–Kier alpha value is 0.0969. The van der Waals surface area contributed by atoms with E-state index in [0.717, 1.165) is 0 Å². The maximum Gasteiger partial charge on any atom is 0.192 e. The third-order valence-electron chi connectivity index (χ3n) is 3.22. The first-order valence-electron chi connectivity index (χ1n) is 5.52. The quantitative estimate of drug-likeness (QED) is 0.717. The first-order valence-corrected chi connectivity index (χ1v) is 8.43. The van der Waals surface area contributed by atoms with Gasteiger partial charge in [0.05, 0.1) is 12.7 Å². The molecule has 0 bridgehead atoms. The van der Waals surface area contributed by atoms with E-state index in [0.29, 0.717) is 13.0 Å². The van der Waals surface area contributed by atoms with Gasteiger partial charge in [-0.3, -0.25) is 0 Å². The van der Waals surface area contributed by atoms with Gasteiger partial charge in [-0.05, 0) is 24.6 Å². The summed E-state index contributed by atoms with van der Waals surface area (Å²) in [7, 11) is -0.0126. The molecule has 0 saturated carbocycles.